The van der Waals surface area contributed by atoms with Crippen LogP contribution in [0, 0.1) is 6.92 Å². The van der Waals surface area contributed by atoms with Crippen molar-refractivity contribution < 1.29 is 5.11 Å². The van der Waals surface area contributed by atoms with Crippen LogP contribution in [-0.2, 0) is 6.54 Å². The number of hydrogen-bond acceptors (Lipinski definition) is 4. The molecule has 2 rings (SSSR count). The predicted octanol–water partition coefficient (Wildman–Crippen LogP) is 0.910. The first-order chi connectivity index (χ1) is 8.11. The highest BCUT2D eigenvalue weighted by Crippen LogP contribution is 2.21. The molecule has 0 amide bonds. The molecule has 5 nitrogen and oxygen atoms in total. The van der Waals surface area contributed by atoms with Gasteiger partial charge >= 0.3 is 0 Å². The second-order valence-corrected chi connectivity index (χ2v) is 3.73. The number of nitrogens with one attached hydrogen (secondary N) is 1. The summed E-state index contributed by atoms with van der Waals surface area (Å²) in [5.74, 6) is 0.708. The zero-order chi connectivity index (χ0) is 12.4. The Morgan fingerprint density at radius 1 is 1.35 bits per heavy atom. The minimum atomic E-state index is -0.219. The van der Waals surface area contributed by atoms with E-state index in [2.05, 4.69) is 9.97 Å². The zero-order valence-electron chi connectivity index (χ0n) is 9.40. The van der Waals surface area contributed by atoms with Crippen molar-refractivity contribution in [3.05, 3.63) is 46.0 Å². The molecular weight excluding hydrogens is 218 g/mol. The Kier molecular flexibility index (Phi) is 2.93. The van der Waals surface area contributed by atoms with Crippen LogP contribution in [0.25, 0.3) is 11.3 Å². The van der Waals surface area contributed by atoms with Crippen LogP contribution in [0.15, 0.2) is 29.1 Å². The van der Waals surface area contributed by atoms with E-state index >= 15 is 0 Å². The first-order valence-corrected chi connectivity index (χ1v) is 5.21. The van der Waals surface area contributed by atoms with Gasteiger partial charge in [-0.25, -0.2) is 4.98 Å². The Bertz CT molecular complexity index is 588. The smallest absolute Gasteiger partial charge is 0.255 e. The third-order valence-corrected chi connectivity index (χ3v) is 2.48. The molecule has 0 saturated heterocycles. The molecule has 4 N–H and O–H groups in total. The molecule has 0 bridgehead atoms. The fourth-order valence-electron chi connectivity index (χ4n) is 1.66. The van der Waals surface area contributed by atoms with Gasteiger partial charge in [-0.2, -0.15) is 0 Å². The van der Waals surface area contributed by atoms with Gasteiger partial charge in [0.2, 0.25) is 0 Å². The van der Waals surface area contributed by atoms with Crippen LogP contribution in [0.1, 0.15) is 11.4 Å². The van der Waals surface area contributed by atoms with E-state index < -0.39 is 0 Å². The number of H-pyrrole nitrogens is 1. The lowest BCUT2D eigenvalue weighted by molar-refractivity contribution is 0.475. The second-order valence-electron chi connectivity index (χ2n) is 3.73. The Labute approximate surface area is 98.0 Å². The predicted molar refractivity (Wildman–Crippen MR) is 64.6 cm³/mol. The van der Waals surface area contributed by atoms with Gasteiger partial charge in [0, 0.05) is 12.1 Å². The monoisotopic (exact) mass is 231 g/mol. The van der Waals surface area contributed by atoms with Gasteiger partial charge in [0.15, 0.2) is 0 Å². The van der Waals surface area contributed by atoms with Crippen molar-refractivity contribution in [3.63, 3.8) is 0 Å². The molecule has 0 spiro atoms. The van der Waals surface area contributed by atoms with E-state index in [0.29, 0.717) is 17.1 Å². The highest BCUT2D eigenvalue weighted by molar-refractivity contribution is 5.63. The number of aromatic hydroxyl groups is 1. The third kappa shape index (κ3) is 2.19. The van der Waals surface area contributed by atoms with Gasteiger partial charge in [0.05, 0.1) is 11.3 Å². The summed E-state index contributed by atoms with van der Waals surface area (Å²) in [6, 6.07) is 6.51. The number of aromatic amines is 1. The average Bonchev–Trinajstić information content (AvgIpc) is 2.29. The van der Waals surface area contributed by atoms with Crippen molar-refractivity contribution in [2.45, 2.75) is 13.5 Å². The van der Waals surface area contributed by atoms with Crippen LogP contribution in [0.2, 0.25) is 0 Å². The summed E-state index contributed by atoms with van der Waals surface area (Å²) in [4.78, 5) is 18.6. The molecule has 0 unspecified atom stereocenters. The number of rotatable bonds is 2. The van der Waals surface area contributed by atoms with Gasteiger partial charge in [0.1, 0.15) is 11.6 Å². The summed E-state index contributed by atoms with van der Waals surface area (Å²) in [5.41, 5.74) is 7.11. The Morgan fingerprint density at radius 3 is 2.59 bits per heavy atom. The Balaban J connectivity index is 2.65. The number of phenols is 1. The molecule has 0 atom stereocenters. The van der Waals surface area contributed by atoms with Gasteiger partial charge < -0.3 is 15.8 Å². The molecule has 1 aromatic heterocycles. The maximum atomic E-state index is 11.7. The topological polar surface area (TPSA) is 92.0 Å². The summed E-state index contributed by atoms with van der Waals surface area (Å²) in [6.07, 6.45) is 0. The van der Waals surface area contributed by atoms with Crippen LogP contribution >= 0.6 is 0 Å². The summed E-state index contributed by atoms with van der Waals surface area (Å²) >= 11 is 0. The number of phenolic OH excluding ortho intramolecular Hbond substituents is 1. The van der Waals surface area contributed by atoms with Crippen molar-refractivity contribution in [3.8, 4) is 17.0 Å². The lowest BCUT2D eigenvalue weighted by atomic mass is 10.1. The maximum Gasteiger partial charge on any atom is 0.255 e. The minimum absolute atomic E-state index is 0.124. The average molecular weight is 231 g/mol. The number of benzene rings is 1. The van der Waals surface area contributed by atoms with Gasteiger partial charge in [-0.1, -0.05) is 0 Å². The Hall–Kier alpha value is -2.14. The largest absolute Gasteiger partial charge is 0.508 e. The first kappa shape index (κ1) is 11.3. The van der Waals surface area contributed by atoms with E-state index in [0.717, 1.165) is 5.56 Å². The second kappa shape index (κ2) is 4.39. The van der Waals surface area contributed by atoms with E-state index in [1.165, 1.54) is 0 Å². The van der Waals surface area contributed by atoms with E-state index in [-0.39, 0.29) is 17.9 Å². The third-order valence-electron chi connectivity index (χ3n) is 2.48. The van der Waals surface area contributed by atoms with Crippen molar-refractivity contribution in [2.75, 3.05) is 0 Å². The molecule has 0 saturated carbocycles. The molecule has 1 aromatic carbocycles. The van der Waals surface area contributed by atoms with Crippen LogP contribution in [0.4, 0.5) is 0 Å². The molecule has 17 heavy (non-hydrogen) atoms. The quantitative estimate of drug-likeness (QED) is 0.716. The summed E-state index contributed by atoms with van der Waals surface area (Å²) in [6.45, 7) is 1.84. The van der Waals surface area contributed by atoms with E-state index in [9.17, 15) is 9.90 Å². The fourth-order valence-corrected chi connectivity index (χ4v) is 1.66. The molecule has 0 aliphatic carbocycles. The van der Waals surface area contributed by atoms with E-state index in [4.69, 9.17) is 5.73 Å². The molecule has 5 heteroatoms. The molecule has 0 aliphatic rings. The van der Waals surface area contributed by atoms with Crippen LogP contribution in [0.3, 0.4) is 0 Å². The SMILES string of the molecule is Cc1nc(-c2ccc(O)cc2)c(CN)c(=O)[nH]1. The van der Waals surface area contributed by atoms with E-state index in [1.807, 2.05) is 0 Å². The zero-order valence-corrected chi connectivity index (χ0v) is 9.40. The molecular formula is C12H13N3O2. The number of aromatic nitrogens is 2. The van der Waals surface area contributed by atoms with Crippen LogP contribution in [0.5, 0.6) is 5.75 Å². The Morgan fingerprint density at radius 2 is 2.00 bits per heavy atom. The lowest BCUT2D eigenvalue weighted by Crippen LogP contribution is -2.20. The van der Waals surface area contributed by atoms with Gasteiger partial charge in [-0.05, 0) is 31.2 Å². The van der Waals surface area contributed by atoms with Crippen LogP contribution < -0.4 is 11.3 Å². The fraction of sp³-hybridized carbons (Fsp3) is 0.167. The maximum absolute atomic E-state index is 11.7. The summed E-state index contributed by atoms with van der Waals surface area (Å²) in [5, 5.41) is 9.23. The molecule has 0 fully saturated rings. The van der Waals surface area contributed by atoms with Gasteiger partial charge in [-0.15, -0.1) is 0 Å². The van der Waals surface area contributed by atoms with E-state index in [1.54, 1.807) is 31.2 Å². The molecule has 1 heterocycles. The normalized spacial score (nSPS) is 10.5. The molecule has 0 radical (unpaired) electrons. The molecule has 2 aromatic rings. The van der Waals surface area contributed by atoms with Crippen LogP contribution in [-0.4, -0.2) is 15.1 Å². The summed E-state index contributed by atoms with van der Waals surface area (Å²) < 4.78 is 0. The van der Waals surface area contributed by atoms with Crippen molar-refractivity contribution in [2.24, 2.45) is 5.73 Å². The van der Waals surface area contributed by atoms with Crippen molar-refractivity contribution in [1.82, 2.24) is 9.97 Å². The standard InChI is InChI=1S/C12H13N3O2/c1-7-14-11(10(6-13)12(17)15-7)8-2-4-9(16)5-3-8/h2-5,16H,6,13H2,1H3,(H,14,15,17). The van der Waals surface area contributed by atoms with Crippen molar-refractivity contribution in [1.29, 1.82) is 0 Å². The molecule has 88 valence electrons. The molecule has 0 aliphatic heterocycles. The minimum Gasteiger partial charge on any atom is -0.508 e. The lowest BCUT2D eigenvalue weighted by Gasteiger charge is -2.07. The highest BCUT2D eigenvalue weighted by Gasteiger charge is 2.10. The number of nitrogens with two attached hydrogens (primary N) is 1. The van der Waals surface area contributed by atoms with Gasteiger partial charge in [-0.3, -0.25) is 4.79 Å². The number of nitrogens with zero attached hydrogens (tertiary/aromatic N) is 1. The van der Waals surface area contributed by atoms with Gasteiger partial charge in [0.25, 0.3) is 5.56 Å². The number of aryl methyl sites for hydroxylation is 1. The summed E-state index contributed by atoms with van der Waals surface area (Å²) in [7, 11) is 0. The van der Waals surface area contributed by atoms with Crippen molar-refractivity contribution >= 4 is 0 Å². The number of hydrogen-bond donors (Lipinski definition) is 3. The highest BCUT2D eigenvalue weighted by atomic mass is 16.3. The first-order valence-electron chi connectivity index (χ1n) is 5.21.